The van der Waals surface area contributed by atoms with Crippen molar-refractivity contribution in [1.82, 2.24) is 20.0 Å². The van der Waals surface area contributed by atoms with E-state index in [1.807, 2.05) is 35.3 Å². The van der Waals surface area contributed by atoms with Gasteiger partial charge in [-0.25, -0.2) is 9.99 Å². The number of fused-ring (bicyclic) bond motifs is 4. The number of benzene rings is 3. The second-order valence-electron chi connectivity index (χ2n) is 8.05. The zero-order chi connectivity index (χ0) is 20.2. The SMILES string of the molecule is COc1cc(C(=O)N2C3CCN2CC3)ccc1-c1nc2cc3ccccc3cc2[nH]1. The van der Waals surface area contributed by atoms with Crippen LogP contribution in [0.1, 0.15) is 23.2 Å². The van der Waals surface area contributed by atoms with Crippen LogP contribution in [0.4, 0.5) is 0 Å². The number of imidazole rings is 1. The Kier molecular flexibility index (Phi) is 3.83. The molecule has 0 saturated carbocycles. The summed E-state index contributed by atoms with van der Waals surface area (Å²) in [6.07, 6.45) is 2.13. The van der Waals surface area contributed by atoms with Crippen molar-refractivity contribution in [2.24, 2.45) is 0 Å². The van der Waals surface area contributed by atoms with Crippen molar-refractivity contribution >= 4 is 27.7 Å². The summed E-state index contributed by atoms with van der Waals surface area (Å²) < 4.78 is 5.65. The number of H-pyrrole nitrogens is 1. The zero-order valence-electron chi connectivity index (χ0n) is 16.8. The predicted octanol–water partition coefficient (Wildman–Crippen LogP) is 4.23. The fourth-order valence-corrected chi connectivity index (χ4v) is 4.81. The van der Waals surface area contributed by atoms with E-state index in [4.69, 9.17) is 9.72 Å². The van der Waals surface area contributed by atoms with E-state index in [0.717, 1.165) is 53.7 Å². The van der Waals surface area contributed by atoms with Crippen LogP contribution in [-0.2, 0) is 0 Å². The number of amides is 1. The van der Waals surface area contributed by atoms with Crippen molar-refractivity contribution in [2.45, 2.75) is 18.9 Å². The Morgan fingerprint density at radius 2 is 1.83 bits per heavy atom. The van der Waals surface area contributed by atoms with Gasteiger partial charge in [0.05, 0.1) is 29.7 Å². The molecule has 0 radical (unpaired) electrons. The molecule has 2 aliphatic rings. The highest BCUT2D eigenvalue weighted by Crippen LogP contribution is 2.34. The number of methoxy groups -OCH3 is 1. The summed E-state index contributed by atoms with van der Waals surface area (Å²) in [6.45, 7) is 1.94. The number of nitrogens with one attached hydrogen (secondary N) is 1. The molecule has 0 unspecified atom stereocenters. The van der Waals surface area contributed by atoms with E-state index in [-0.39, 0.29) is 5.91 Å². The van der Waals surface area contributed by atoms with Crippen molar-refractivity contribution in [1.29, 1.82) is 0 Å². The molecule has 2 fully saturated rings. The molecule has 150 valence electrons. The minimum atomic E-state index is 0.0516. The average Bonchev–Trinajstić information content (AvgIpc) is 3.50. The highest BCUT2D eigenvalue weighted by molar-refractivity contribution is 5.97. The van der Waals surface area contributed by atoms with E-state index in [1.165, 1.54) is 5.39 Å². The average molecular weight is 398 g/mol. The largest absolute Gasteiger partial charge is 0.496 e. The van der Waals surface area contributed by atoms with E-state index in [0.29, 0.717) is 17.4 Å². The van der Waals surface area contributed by atoms with Crippen LogP contribution >= 0.6 is 0 Å². The van der Waals surface area contributed by atoms with Crippen molar-refractivity contribution in [3.63, 3.8) is 0 Å². The molecule has 6 rings (SSSR count). The number of rotatable bonds is 3. The first-order valence-electron chi connectivity index (χ1n) is 10.4. The molecular weight excluding hydrogens is 376 g/mol. The number of piperidine rings is 1. The summed E-state index contributed by atoms with van der Waals surface area (Å²) in [5.74, 6) is 1.43. The molecule has 4 aromatic rings. The van der Waals surface area contributed by atoms with Gasteiger partial charge in [0.25, 0.3) is 5.91 Å². The number of carbonyl (C=O) groups excluding carboxylic acids is 1. The lowest BCUT2D eigenvalue weighted by atomic mass is 10.1. The third kappa shape index (κ3) is 2.60. The summed E-state index contributed by atoms with van der Waals surface area (Å²) in [7, 11) is 1.63. The number of aromatic nitrogens is 2. The maximum absolute atomic E-state index is 13.1. The number of hydrogen-bond donors (Lipinski definition) is 1. The molecule has 1 N–H and O–H groups in total. The fourth-order valence-electron chi connectivity index (χ4n) is 4.81. The van der Waals surface area contributed by atoms with E-state index >= 15 is 0 Å². The molecule has 2 bridgehead atoms. The van der Waals surface area contributed by atoms with Crippen molar-refractivity contribution in [3.05, 3.63) is 60.2 Å². The summed E-state index contributed by atoms with van der Waals surface area (Å²) in [5, 5.41) is 6.42. The van der Waals surface area contributed by atoms with Crippen LogP contribution in [0.2, 0.25) is 0 Å². The number of aromatic amines is 1. The maximum Gasteiger partial charge on any atom is 0.268 e. The van der Waals surface area contributed by atoms with E-state index in [2.05, 4.69) is 34.3 Å². The van der Waals surface area contributed by atoms with Crippen LogP contribution in [0.5, 0.6) is 5.75 Å². The molecule has 2 aliphatic heterocycles. The lowest BCUT2D eigenvalue weighted by molar-refractivity contribution is 0.0334. The maximum atomic E-state index is 13.1. The van der Waals surface area contributed by atoms with Gasteiger partial charge < -0.3 is 9.72 Å². The van der Waals surface area contributed by atoms with Gasteiger partial charge in [-0.15, -0.1) is 0 Å². The number of hydrazine groups is 1. The molecular formula is C24H22N4O2. The number of nitrogens with zero attached hydrogens (tertiary/aromatic N) is 3. The number of hydrogen-bond acceptors (Lipinski definition) is 4. The van der Waals surface area contributed by atoms with Crippen LogP contribution in [0.25, 0.3) is 33.2 Å². The first-order valence-corrected chi connectivity index (χ1v) is 10.4. The Balaban J connectivity index is 1.39. The lowest BCUT2D eigenvalue weighted by Crippen LogP contribution is -2.38. The molecule has 2 saturated heterocycles. The van der Waals surface area contributed by atoms with E-state index in [9.17, 15) is 4.79 Å². The highest BCUT2D eigenvalue weighted by Gasteiger charge is 2.41. The standard InChI is InChI=1S/C24H22N4O2/c1-30-22-14-17(24(29)28-18-8-10-27(28)11-9-18)6-7-19(22)23-25-20-12-15-4-2-3-5-16(15)13-21(20)26-23/h2-7,12-14,18H,8-11H2,1H3,(H,25,26). The van der Waals surface area contributed by atoms with Gasteiger partial charge in [-0.1, -0.05) is 24.3 Å². The summed E-state index contributed by atoms with van der Waals surface area (Å²) in [4.78, 5) is 21.3. The molecule has 0 spiro atoms. The van der Waals surface area contributed by atoms with Crippen LogP contribution in [0.15, 0.2) is 54.6 Å². The van der Waals surface area contributed by atoms with E-state index in [1.54, 1.807) is 7.11 Å². The Morgan fingerprint density at radius 1 is 1.07 bits per heavy atom. The normalized spacial score (nSPS) is 20.4. The van der Waals surface area contributed by atoms with Gasteiger partial charge in [-0.05, 0) is 53.9 Å². The van der Waals surface area contributed by atoms with Gasteiger partial charge in [-0.3, -0.25) is 9.80 Å². The Bertz CT molecular complexity index is 1220. The molecule has 6 heteroatoms. The molecule has 30 heavy (non-hydrogen) atoms. The Hall–Kier alpha value is -3.38. The van der Waals surface area contributed by atoms with Crippen LogP contribution in [0.3, 0.4) is 0 Å². The molecule has 0 aliphatic carbocycles. The van der Waals surface area contributed by atoms with Gasteiger partial charge in [0.15, 0.2) is 0 Å². The topological polar surface area (TPSA) is 61.5 Å². The minimum Gasteiger partial charge on any atom is -0.496 e. The first kappa shape index (κ1) is 17.5. The fraction of sp³-hybridized carbons (Fsp3) is 0.250. The molecule has 0 atom stereocenters. The smallest absolute Gasteiger partial charge is 0.268 e. The van der Waals surface area contributed by atoms with Crippen LogP contribution in [0, 0.1) is 0 Å². The lowest BCUT2D eigenvalue weighted by Gasteiger charge is -2.24. The van der Waals surface area contributed by atoms with Crippen LogP contribution < -0.4 is 4.74 Å². The van der Waals surface area contributed by atoms with Crippen molar-refractivity contribution < 1.29 is 9.53 Å². The third-order valence-electron chi connectivity index (χ3n) is 6.35. The zero-order valence-corrected chi connectivity index (χ0v) is 16.8. The molecule has 3 heterocycles. The number of carbonyl (C=O) groups is 1. The summed E-state index contributed by atoms with van der Waals surface area (Å²) in [5.41, 5.74) is 3.38. The molecule has 1 aromatic heterocycles. The minimum absolute atomic E-state index is 0.0516. The number of ether oxygens (including phenoxy) is 1. The first-order chi connectivity index (χ1) is 14.7. The summed E-state index contributed by atoms with van der Waals surface area (Å²) >= 11 is 0. The van der Waals surface area contributed by atoms with Gasteiger partial charge in [0.1, 0.15) is 11.6 Å². The monoisotopic (exact) mass is 398 g/mol. The second-order valence-corrected chi connectivity index (χ2v) is 8.05. The Labute approximate surface area is 174 Å². The molecule has 3 aromatic carbocycles. The molecule has 1 amide bonds. The Morgan fingerprint density at radius 3 is 2.53 bits per heavy atom. The van der Waals surface area contributed by atoms with Gasteiger partial charge >= 0.3 is 0 Å². The van der Waals surface area contributed by atoms with Gasteiger partial charge in [0.2, 0.25) is 0 Å². The highest BCUT2D eigenvalue weighted by atomic mass is 16.5. The van der Waals surface area contributed by atoms with Crippen LogP contribution in [-0.4, -0.2) is 52.1 Å². The second kappa shape index (κ2) is 6.57. The predicted molar refractivity (Wildman–Crippen MR) is 116 cm³/mol. The van der Waals surface area contributed by atoms with Crippen molar-refractivity contribution in [2.75, 3.05) is 20.2 Å². The van der Waals surface area contributed by atoms with Gasteiger partial charge in [0, 0.05) is 18.7 Å². The van der Waals surface area contributed by atoms with E-state index < -0.39 is 0 Å². The third-order valence-corrected chi connectivity index (χ3v) is 6.35. The van der Waals surface area contributed by atoms with Crippen molar-refractivity contribution in [3.8, 4) is 17.1 Å². The van der Waals surface area contributed by atoms with Gasteiger partial charge in [-0.2, -0.15) is 0 Å². The molecule has 6 nitrogen and oxygen atoms in total. The quantitative estimate of drug-likeness (QED) is 0.561. The summed E-state index contributed by atoms with van der Waals surface area (Å²) in [6, 6.07) is 18.4.